The van der Waals surface area contributed by atoms with Crippen LogP contribution in [0, 0.1) is 0 Å². The number of hydrogen-bond acceptors (Lipinski definition) is 5. The van der Waals surface area contributed by atoms with E-state index in [1.165, 1.54) is 0 Å². The van der Waals surface area contributed by atoms with Gasteiger partial charge in [-0.05, 0) is 18.2 Å². The van der Waals surface area contributed by atoms with Crippen molar-refractivity contribution in [1.82, 2.24) is 15.3 Å². The molecule has 1 aliphatic rings. The largest absolute Gasteiger partial charge is 0.505 e. The van der Waals surface area contributed by atoms with Gasteiger partial charge in [0.15, 0.2) is 5.76 Å². The first kappa shape index (κ1) is 22.6. The predicted octanol–water partition coefficient (Wildman–Crippen LogP) is 3.69. The van der Waals surface area contributed by atoms with Gasteiger partial charge in [0.1, 0.15) is 5.71 Å². The van der Waals surface area contributed by atoms with E-state index in [4.69, 9.17) is 10.9 Å². The molecule has 5 N–H and O–H groups in total. The fraction of sp³-hybridized carbons (Fsp3) is 0.136. The summed E-state index contributed by atoms with van der Waals surface area (Å²) in [6.45, 7) is 2.92. The molecule has 1 aromatic carbocycles. The average Bonchev–Trinajstić information content (AvgIpc) is 3.21. The first-order valence-corrected chi connectivity index (χ1v) is 9.46. The van der Waals surface area contributed by atoms with Crippen molar-refractivity contribution in [3.05, 3.63) is 89.6 Å². The van der Waals surface area contributed by atoms with Crippen molar-refractivity contribution in [2.75, 3.05) is 6.54 Å². The Morgan fingerprint density at radius 1 is 1.19 bits per heavy atom. The number of amides is 1. The Labute approximate surface area is 181 Å². The van der Waals surface area contributed by atoms with Crippen molar-refractivity contribution in [2.24, 2.45) is 10.9 Å². The third kappa shape index (κ3) is 5.15. The van der Waals surface area contributed by atoms with Gasteiger partial charge in [0.25, 0.3) is 5.91 Å². The second-order valence-corrected chi connectivity index (χ2v) is 6.80. The Hall–Kier alpha value is -4.08. The van der Waals surface area contributed by atoms with Crippen molar-refractivity contribution in [2.45, 2.75) is 12.6 Å². The lowest BCUT2D eigenvalue weighted by atomic mass is 10.0. The molecule has 1 aliphatic heterocycles. The smallest absolute Gasteiger partial charge is 0.448 e. The van der Waals surface area contributed by atoms with Gasteiger partial charge in [0.2, 0.25) is 0 Å². The van der Waals surface area contributed by atoms with Crippen LogP contribution >= 0.6 is 0 Å². The molecular weight excluding hydrogens is 423 g/mol. The summed E-state index contributed by atoms with van der Waals surface area (Å²) in [7, 11) is 0. The van der Waals surface area contributed by atoms with E-state index in [9.17, 15) is 18.0 Å². The number of carbonyl (C=O) groups is 1. The maximum absolute atomic E-state index is 12.0. The quantitative estimate of drug-likeness (QED) is 0.214. The lowest BCUT2D eigenvalue weighted by molar-refractivity contribution is -0.119. The fourth-order valence-corrected chi connectivity index (χ4v) is 3.06. The van der Waals surface area contributed by atoms with Crippen molar-refractivity contribution < 1.29 is 23.1 Å². The van der Waals surface area contributed by atoms with Crippen molar-refractivity contribution >= 4 is 11.6 Å². The third-order valence-corrected chi connectivity index (χ3v) is 4.62. The molecule has 0 radical (unpaired) electrons. The second-order valence-electron chi connectivity index (χ2n) is 6.80. The van der Waals surface area contributed by atoms with Crippen LogP contribution in [0.5, 0.6) is 0 Å². The summed E-state index contributed by atoms with van der Waals surface area (Å²) in [4.78, 5) is 19.7. The normalized spacial score (nSPS) is 13.5. The van der Waals surface area contributed by atoms with Gasteiger partial charge in [-0.2, -0.15) is 18.3 Å². The summed E-state index contributed by atoms with van der Waals surface area (Å²) < 4.78 is 32.5. The Morgan fingerprint density at radius 3 is 2.47 bits per heavy atom. The van der Waals surface area contributed by atoms with E-state index in [2.05, 4.69) is 27.0 Å². The molecule has 32 heavy (non-hydrogen) atoms. The number of alkyl halides is 3. The van der Waals surface area contributed by atoms with Crippen LogP contribution in [-0.2, 0) is 6.42 Å². The number of nitrogens with one attached hydrogen (secondary N) is 2. The number of aliphatic hydroxyl groups is 1. The number of allylic oxidation sites excluding steroid dienone is 1. The predicted molar refractivity (Wildman–Crippen MR) is 114 cm³/mol. The van der Waals surface area contributed by atoms with E-state index < -0.39 is 11.9 Å². The molecule has 3 heterocycles. The molecule has 0 atom stereocenters. The number of fused-ring (bicyclic) bond motifs is 1. The molecule has 0 aliphatic carbocycles. The van der Waals surface area contributed by atoms with Gasteiger partial charge in [0, 0.05) is 41.7 Å². The molecule has 166 valence electrons. The minimum absolute atomic E-state index is 0.0356. The zero-order valence-electron chi connectivity index (χ0n) is 16.8. The first-order valence-electron chi connectivity index (χ1n) is 9.46. The number of aromatic amines is 1. The van der Waals surface area contributed by atoms with E-state index >= 15 is 0 Å². The van der Waals surface area contributed by atoms with Gasteiger partial charge >= 0.3 is 6.18 Å². The summed E-state index contributed by atoms with van der Waals surface area (Å²) in [5, 5.41) is 14.3. The number of nitrogens with zero attached hydrogens (tertiary/aromatic N) is 2. The number of aromatic nitrogens is 2. The number of aliphatic hydroxyl groups excluding tert-OH is 1. The van der Waals surface area contributed by atoms with Crippen LogP contribution in [0.1, 0.15) is 27.3 Å². The molecule has 10 heteroatoms. The molecule has 0 fully saturated rings. The number of pyridine rings is 1. The van der Waals surface area contributed by atoms with Gasteiger partial charge in [-0.3, -0.25) is 9.78 Å². The van der Waals surface area contributed by atoms with Crippen LogP contribution in [0.15, 0.2) is 72.2 Å². The van der Waals surface area contributed by atoms with E-state index in [1.54, 1.807) is 6.20 Å². The average molecular weight is 443 g/mol. The summed E-state index contributed by atoms with van der Waals surface area (Å²) in [6, 6.07) is 15.4. The Balaban J connectivity index is 0.000000360. The molecule has 3 aromatic rings. The van der Waals surface area contributed by atoms with Crippen LogP contribution < -0.4 is 11.2 Å². The molecule has 2 aromatic heterocycles. The van der Waals surface area contributed by atoms with E-state index in [-0.39, 0.29) is 5.91 Å². The molecule has 0 saturated heterocycles. The second kappa shape index (κ2) is 9.38. The zero-order valence-corrected chi connectivity index (χ0v) is 16.8. The first-order chi connectivity index (χ1) is 15.2. The Kier molecular flexibility index (Phi) is 6.62. The van der Waals surface area contributed by atoms with Crippen LogP contribution in [0.3, 0.4) is 0 Å². The Bertz CT molecular complexity index is 1150. The van der Waals surface area contributed by atoms with Gasteiger partial charge in [-0.25, -0.2) is 0 Å². The molecule has 0 saturated carbocycles. The van der Waals surface area contributed by atoms with E-state index in [1.807, 2.05) is 48.5 Å². The Morgan fingerprint density at radius 2 is 1.88 bits per heavy atom. The lowest BCUT2D eigenvalue weighted by Crippen LogP contribution is -2.31. The number of nitrogens with two attached hydrogens (primary N) is 1. The number of hydrogen-bond donors (Lipinski definition) is 4. The van der Waals surface area contributed by atoms with Crippen molar-refractivity contribution in [1.29, 1.82) is 0 Å². The molecule has 0 bridgehead atoms. The van der Waals surface area contributed by atoms with Gasteiger partial charge in [-0.1, -0.05) is 36.9 Å². The number of benzene rings is 1. The minimum Gasteiger partial charge on any atom is -0.505 e. The summed E-state index contributed by atoms with van der Waals surface area (Å²) in [6.07, 6.45) is -2.11. The monoisotopic (exact) mass is 443 g/mol. The third-order valence-electron chi connectivity index (χ3n) is 4.62. The maximum atomic E-state index is 12.0. The molecular formula is C22H20F3N5O2. The van der Waals surface area contributed by atoms with E-state index in [0.717, 1.165) is 28.9 Å². The number of halogens is 3. The SMILES string of the molecule is C=C(O)C(F)(F)F.N/N=C(\c1ccccc1)c1cc(-c2cc3c([nH]2)CCNC3=O)ccn1. The fourth-order valence-electron chi connectivity index (χ4n) is 3.06. The highest BCUT2D eigenvalue weighted by Gasteiger charge is 2.31. The van der Waals surface area contributed by atoms with E-state index in [0.29, 0.717) is 23.5 Å². The molecule has 1 amide bonds. The van der Waals surface area contributed by atoms with Gasteiger partial charge in [-0.15, -0.1) is 0 Å². The van der Waals surface area contributed by atoms with Crippen molar-refractivity contribution in [3.63, 3.8) is 0 Å². The topological polar surface area (TPSA) is 116 Å². The summed E-state index contributed by atoms with van der Waals surface area (Å²) in [5.41, 5.74) is 5.70. The zero-order chi connectivity index (χ0) is 23.3. The highest BCUT2D eigenvalue weighted by Crippen LogP contribution is 2.25. The number of carbonyl (C=O) groups excluding carboxylic acids is 1. The van der Waals surface area contributed by atoms with Crippen LogP contribution in [-0.4, -0.2) is 39.4 Å². The molecule has 0 spiro atoms. The van der Waals surface area contributed by atoms with Gasteiger partial charge in [0.05, 0.1) is 11.3 Å². The van der Waals surface area contributed by atoms with Crippen LogP contribution in [0.4, 0.5) is 13.2 Å². The molecule has 7 nitrogen and oxygen atoms in total. The molecule has 0 unspecified atom stereocenters. The maximum Gasteiger partial charge on any atom is 0.448 e. The van der Waals surface area contributed by atoms with Crippen LogP contribution in [0.25, 0.3) is 11.3 Å². The van der Waals surface area contributed by atoms with Crippen LogP contribution in [0.2, 0.25) is 0 Å². The number of rotatable bonds is 3. The van der Waals surface area contributed by atoms with Crippen molar-refractivity contribution in [3.8, 4) is 11.3 Å². The van der Waals surface area contributed by atoms with Gasteiger partial charge < -0.3 is 21.2 Å². The minimum atomic E-state index is -4.64. The highest BCUT2D eigenvalue weighted by molar-refractivity contribution is 6.12. The standard InChI is InChI=1S/C19H17N5O.C3H3F3O/c20-24-18(12-4-2-1-3-5-12)17-10-13(6-8-21-17)16-11-14-15(23-16)7-9-22-19(14)25;1-2(7)3(4,5)6/h1-6,8,10-11,23H,7,9,20H2,(H,22,25);7H,1H2/b24-18+;. The summed E-state index contributed by atoms with van der Waals surface area (Å²) >= 11 is 0. The number of H-pyrrole nitrogens is 1. The summed E-state index contributed by atoms with van der Waals surface area (Å²) in [5.74, 6) is 3.82. The molecule has 4 rings (SSSR count). The number of hydrazone groups is 1. The lowest BCUT2D eigenvalue weighted by Gasteiger charge is -2.11. The highest BCUT2D eigenvalue weighted by atomic mass is 19.4.